The zero-order valence-electron chi connectivity index (χ0n) is 9.87. The van der Waals surface area contributed by atoms with Crippen LogP contribution in [0.4, 0.5) is 4.79 Å². The van der Waals surface area contributed by atoms with Gasteiger partial charge in [0.25, 0.3) is 0 Å². The maximum Gasteiger partial charge on any atom is 0.344 e. The Morgan fingerprint density at radius 1 is 1.36 bits per heavy atom. The molecule has 14 heavy (non-hydrogen) atoms. The Hall–Kier alpha value is -1.06. The summed E-state index contributed by atoms with van der Waals surface area (Å²) in [5.74, 6) is 0.911. The normalized spacial score (nSPS) is 14.4. The highest BCUT2D eigenvalue weighted by atomic mass is 16.2. The molecular weight excluding hydrogens is 178 g/mol. The number of rotatable bonds is 1. The standard InChI is InChI=1S/C8H15N3O.C2H6/c1-4-7(11-5-6-11)9-8(12)10(2)3;1-2/h4-6H2,1-3H3;1-2H3/b9-7+;. The topological polar surface area (TPSA) is 35.7 Å². The lowest BCUT2D eigenvalue weighted by molar-refractivity contribution is 0.227. The molecule has 4 heteroatoms. The minimum Gasteiger partial charge on any atom is -0.356 e. The maximum absolute atomic E-state index is 11.2. The molecule has 1 saturated heterocycles. The van der Waals surface area contributed by atoms with Crippen molar-refractivity contribution in [3.05, 3.63) is 0 Å². The molecule has 0 N–H and O–H groups in total. The highest BCUT2D eigenvalue weighted by molar-refractivity contribution is 5.94. The van der Waals surface area contributed by atoms with Crippen molar-refractivity contribution in [1.29, 1.82) is 0 Å². The minimum atomic E-state index is -0.168. The lowest BCUT2D eigenvalue weighted by Crippen LogP contribution is -2.21. The van der Waals surface area contributed by atoms with E-state index in [-0.39, 0.29) is 6.03 Å². The fraction of sp³-hybridized carbons (Fsp3) is 0.800. The van der Waals surface area contributed by atoms with Gasteiger partial charge in [0, 0.05) is 33.6 Å². The SMILES string of the molecule is CC.CC/C(=N\C(=O)N(C)C)N1CC1. The second-order valence-corrected chi connectivity index (χ2v) is 3.05. The molecule has 0 radical (unpaired) electrons. The third kappa shape index (κ3) is 4.25. The molecule has 0 spiro atoms. The number of hydrogen-bond acceptors (Lipinski definition) is 1. The van der Waals surface area contributed by atoms with Crippen LogP contribution in [-0.2, 0) is 0 Å². The smallest absolute Gasteiger partial charge is 0.344 e. The molecule has 0 atom stereocenters. The number of hydrogen-bond donors (Lipinski definition) is 0. The summed E-state index contributed by atoms with van der Waals surface area (Å²) in [6.07, 6.45) is 0.833. The van der Waals surface area contributed by atoms with E-state index in [1.807, 2.05) is 20.8 Å². The third-order valence-electron chi connectivity index (χ3n) is 1.74. The van der Waals surface area contributed by atoms with Crippen LogP contribution < -0.4 is 0 Å². The van der Waals surface area contributed by atoms with Crippen LogP contribution in [0.2, 0.25) is 0 Å². The number of nitrogens with zero attached hydrogens (tertiary/aromatic N) is 3. The van der Waals surface area contributed by atoms with Crippen molar-refractivity contribution in [2.24, 2.45) is 4.99 Å². The summed E-state index contributed by atoms with van der Waals surface area (Å²) in [5, 5.41) is 0. The molecule has 1 aliphatic heterocycles. The Labute approximate surface area is 86.6 Å². The minimum absolute atomic E-state index is 0.168. The Kier molecular flexibility index (Phi) is 5.92. The quantitative estimate of drug-likeness (QED) is 0.367. The van der Waals surface area contributed by atoms with Gasteiger partial charge in [0.15, 0.2) is 0 Å². The first kappa shape index (κ1) is 12.9. The van der Waals surface area contributed by atoms with Crippen molar-refractivity contribution in [2.75, 3.05) is 27.2 Å². The highest BCUT2D eigenvalue weighted by Gasteiger charge is 2.21. The zero-order valence-corrected chi connectivity index (χ0v) is 9.87. The molecule has 0 aliphatic carbocycles. The molecule has 0 aromatic carbocycles. The lowest BCUT2D eigenvalue weighted by Gasteiger charge is -2.08. The molecule has 1 heterocycles. The van der Waals surface area contributed by atoms with Crippen LogP contribution in [0.25, 0.3) is 0 Å². The monoisotopic (exact) mass is 199 g/mol. The van der Waals surface area contributed by atoms with Gasteiger partial charge in [-0.1, -0.05) is 20.8 Å². The molecule has 0 bridgehead atoms. The van der Waals surface area contributed by atoms with E-state index in [2.05, 4.69) is 9.89 Å². The number of amidine groups is 1. The first-order valence-electron chi connectivity index (χ1n) is 5.19. The molecule has 1 fully saturated rings. The number of urea groups is 1. The van der Waals surface area contributed by atoms with Crippen molar-refractivity contribution in [3.8, 4) is 0 Å². The van der Waals surface area contributed by atoms with Gasteiger partial charge < -0.3 is 9.80 Å². The molecule has 1 aliphatic rings. The predicted octanol–water partition coefficient (Wildman–Crippen LogP) is 1.82. The van der Waals surface area contributed by atoms with E-state index in [1.165, 1.54) is 4.90 Å². The van der Waals surface area contributed by atoms with Crippen LogP contribution >= 0.6 is 0 Å². The van der Waals surface area contributed by atoms with Gasteiger partial charge in [-0.05, 0) is 0 Å². The first-order valence-corrected chi connectivity index (χ1v) is 5.19. The Morgan fingerprint density at radius 3 is 2.14 bits per heavy atom. The number of carbonyl (C=O) groups excluding carboxylic acids is 1. The molecular formula is C10H21N3O. The zero-order chi connectivity index (χ0) is 11.1. The summed E-state index contributed by atoms with van der Waals surface area (Å²) < 4.78 is 0. The predicted molar refractivity (Wildman–Crippen MR) is 59.7 cm³/mol. The lowest BCUT2D eigenvalue weighted by atomic mass is 10.4. The van der Waals surface area contributed by atoms with Crippen LogP contribution in [-0.4, -0.2) is 48.9 Å². The van der Waals surface area contributed by atoms with E-state index >= 15 is 0 Å². The van der Waals surface area contributed by atoms with Gasteiger partial charge in [0.2, 0.25) is 0 Å². The van der Waals surface area contributed by atoms with Crippen molar-refractivity contribution in [2.45, 2.75) is 27.2 Å². The summed E-state index contributed by atoms with van der Waals surface area (Å²) >= 11 is 0. The van der Waals surface area contributed by atoms with E-state index < -0.39 is 0 Å². The summed E-state index contributed by atoms with van der Waals surface area (Å²) in [6, 6.07) is -0.168. The average molecular weight is 199 g/mol. The van der Waals surface area contributed by atoms with Gasteiger partial charge in [0.1, 0.15) is 5.84 Å². The molecule has 0 aromatic heterocycles. The molecule has 2 amide bonds. The summed E-state index contributed by atoms with van der Waals surface area (Å²) in [5.41, 5.74) is 0. The van der Waals surface area contributed by atoms with Crippen molar-refractivity contribution < 1.29 is 4.79 Å². The number of carbonyl (C=O) groups is 1. The fourth-order valence-corrected chi connectivity index (χ4v) is 0.892. The van der Waals surface area contributed by atoms with E-state index in [0.29, 0.717) is 0 Å². The van der Waals surface area contributed by atoms with Gasteiger partial charge >= 0.3 is 6.03 Å². The summed E-state index contributed by atoms with van der Waals surface area (Å²) in [7, 11) is 3.42. The van der Waals surface area contributed by atoms with E-state index in [0.717, 1.165) is 25.3 Å². The molecule has 0 unspecified atom stereocenters. The maximum atomic E-state index is 11.2. The van der Waals surface area contributed by atoms with E-state index in [9.17, 15) is 4.79 Å². The Bertz CT molecular complexity index is 207. The molecule has 82 valence electrons. The van der Waals surface area contributed by atoms with Crippen molar-refractivity contribution >= 4 is 11.9 Å². The second kappa shape index (κ2) is 6.40. The highest BCUT2D eigenvalue weighted by Crippen LogP contribution is 2.08. The summed E-state index contributed by atoms with van der Waals surface area (Å²) in [6.45, 7) is 8.11. The Morgan fingerprint density at radius 2 is 1.86 bits per heavy atom. The van der Waals surface area contributed by atoms with E-state index in [1.54, 1.807) is 14.1 Å². The average Bonchev–Trinajstić information content (AvgIpc) is 3.00. The van der Waals surface area contributed by atoms with Gasteiger partial charge in [-0.3, -0.25) is 0 Å². The Balaban J connectivity index is 0.000000791. The summed E-state index contributed by atoms with van der Waals surface area (Å²) in [4.78, 5) is 18.7. The molecule has 4 nitrogen and oxygen atoms in total. The number of amides is 2. The number of aliphatic imine (C=N–C) groups is 1. The molecule has 1 rings (SSSR count). The van der Waals surface area contributed by atoms with Crippen LogP contribution in [0, 0.1) is 0 Å². The van der Waals surface area contributed by atoms with Crippen molar-refractivity contribution in [3.63, 3.8) is 0 Å². The van der Waals surface area contributed by atoms with Gasteiger partial charge in [-0.25, -0.2) is 4.79 Å². The van der Waals surface area contributed by atoms with Crippen LogP contribution in [0.15, 0.2) is 4.99 Å². The third-order valence-corrected chi connectivity index (χ3v) is 1.74. The molecule has 0 aromatic rings. The van der Waals surface area contributed by atoms with Crippen molar-refractivity contribution in [1.82, 2.24) is 9.80 Å². The van der Waals surface area contributed by atoms with Gasteiger partial charge in [0.05, 0.1) is 0 Å². The van der Waals surface area contributed by atoms with Gasteiger partial charge in [-0.2, -0.15) is 4.99 Å². The van der Waals surface area contributed by atoms with E-state index in [4.69, 9.17) is 0 Å². The molecule has 0 saturated carbocycles. The van der Waals surface area contributed by atoms with Crippen LogP contribution in [0.5, 0.6) is 0 Å². The van der Waals surface area contributed by atoms with Crippen LogP contribution in [0.1, 0.15) is 27.2 Å². The second-order valence-electron chi connectivity index (χ2n) is 3.05. The van der Waals surface area contributed by atoms with Gasteiger partial charge in [-0.15, -0.1) is 0 Å². The van der Waals surface area contributed by atoms with Crippen LogP contribution in [0.3, 0.4) is 0 Å². The fourth-order valence-electron chi connectivity index (χ4n) is 0.892. The largest absolute Gasteiger partial charge is 0.356 e. The first-order chi connectivity index (χ1) is 6.65.